The van der Waals surface area contributed by atoms with Crippen molar-refractivity contribution in [3.63, 3.8) is 0 Å². The molecule has 1 aromatic carbocycles. The first-order valence-corrected chi connectivity index (χ1v) is 8.13. The molecule has 0 radical (unpaired) electrons. The first-order chi connectivity index (χ1) is 8.77. The van der Waals surface area contributed by atoms with Crippen LogP contribution >= 0.6 is 0 Å². The second-order valence-corrected chi connectivity index (χ2v) is 7.31. The minimum atomic E-state index is -3.36. The second kappa shape index (κ2) is 8.12. The quantitative estimate of drug-likeness (QED) is 0.486. The monoisotopic (exact) mass is 364 g/mol. The van der Waals surface area contributed by atoms with E-state index >= 15 is 0 Å². The molecule has 20 heavy (non-hydrogen) atoms. The summed E-state index contributed by atoms with van der Waals surface area (Å²) >= 11 is 0. The fraction of sp³-hybridized carbons (Fsp3) is 0.571. The van der Waals surface area contributed by atoms with Gasteiger partial charge in [-0.3, -0.25) is 0 Å². The Morgan fingerprint density at radius 1 is 1.15 bits per heavy atom. The van der Waals surface area contributed by atoms with Gasteiger partial charge in [-0.2, -0.15) is 0 Å². The van der Waals surface area contributed by atoms with Crippen LogP contribution in [0.3, 0.4) is 0 Å². The third kappa shape index (κ3) is 6.35. The minimum Gasteiger partial charge on any atom is -1.00 e. The van der Waals surface area contributed by atoms with Gasteiger partial charge >= 0.3 is 0 Å². The van der Waals surface area contributed by atoms with E-state index in [1.807, 2.05) is 19.1 Å². The van der Waals surface area contributed by atoms with Crippen LogP contribution in [0.1, 0.15) is 18.9 Å². The molecular formula is C14H25BrN2O2S. The van der Waals surface area contributed by atoms with Gasteiger partial charge in [0.15, 0.2) is 0 Å². The van der Waals surface area contributed by atoms with E-state index < -0.39 is 10.0 Å². The van der Waals surface area contributed by atoms with Crippen LogP contribution in [0.15, 0.2) is 29.2 Å². The average Bonchev–Trinajstić information content (AvgIpc) is 2.35. The summed E-state index contributed by atoms with van der Waals surface area (Å²) < 4.78 is 27.6. The van der Waals surface area contributed by atoms with Gasteiger partial charge in [0, 0.05) is 13.0 Å². The Balaban J connectivity index is 0.00000361. The highest BCUT2D eigenvalue weighted by molar-refractivity contribution is 7.89. The lowest BCUT2D eigenvalue weighted by molar-refractivity contribution is -0.888. The number of rotatable bonds is 7. The van der Waals surface area contributed by atoms with Crippen molar-refractivity contribution in [1.29, 1.82) is 0 Å². The molecule has 0 spiro atoms. The SMILES string of the molecule is CC[N+](C)(C)CCCNS(=O)(=O)c1ccc(C)cc1.[Br-]. The van der Waals surface area contributed by atoms with Gasteiger partial charge in [0.05, 0.1) is 32.1 Å². The molecule has 0 fully saturated rings. The Hall–Kier alpha value is -0.430. The van der Waals surface area contributed by atoms with Crippen LogP contribution in [0.5, 0.6) is 0 Å². The summed E-state index contributed by atoms with van der Waals surface area (Å²) in [6.45, 7) is 6.57. The summed E-state index contributed by atoms with van der Waals surface area (Å²) in [7, 11) is 0.936. The molecular weight excluding hydrogens is 340 g/mol. The predicted octanol–water partition coefficient (Wildman–Crippen LogP) is -1.24. The number of halogens is 1. The van der Waals surface area contributed by atoms with Gasteiger partial charge in [0.1, 0.15) is 0 Å². The van der Waals surface area contributed by atoms with Crippen LogP contribution < -0.4 is 21.7 Å². The molecule has 0 unspecified atom stereocenters. The normalized spacial score (nSPS) is 12.0. The lowest BCUT2D eigenvalue weighted by Gasteiger charge is -2.28. The maximum Gasteiger partial charge on any atom is 0.240 e. The van der Waals surface area contributed by atoms with E-state index in [1.54, 1.807) is 12.1 Å². The first kappa shape index (κ1) is 19.6. The standard InChI is InChI=1S/C14H25N2O2S.BrH/c1-5-16(3,4)12-6-11-15-19(17,18)14-9-7-13(2)8-10-14;/h7-10,15H,5-6,11-12H2,1-4H3;1H/q+1;/p-1. The zero-order valence-corrected chi connectivity index (χ0v) is 15.1. The third-order valence-electron chi connectivity index (χ3n) is 3.42. The van der Waals surface area contributed by atoms with E-state index in [0.717, 1.165) is 29.6 Å². The van der Waals surface area contributed by atoms with E-state index in [-0.39, 0.29) is 17.0 Å². The molecule has 0 saturated heterocycles. The van der Waals surface area contributed by atoms with Crippen molar-refractivity contribution in [2.24, 2.45) is 0 Å². The maximum atomic E-state index is 12.0. The topological polar surface area (TPSA) is 46.2 Å². The van der Waals surface area contributed by atoms with Crippen LogP contribution in [-0.2, 0) is 10.0 Å². The molecule has 0 amide bonds. The molecule has 6 heteroatoms. The number of benzene rings is 1. The fourth-order valence-electron chi connectivity index (χ4n) is 1.67. The summed E-state index contributed by atoms with van der Waals surface area (Å²) in [6.07, 6.45) is 0.839. The number of nitrogens with zero attached hydrogens (tertiary/aromatic N) is 1. The van der Waals surface area contributed by atoms with Crippen LogP contribution in [0.2, 0.25) is 0 Å². The third-order valence-corrected chi connectivity index (χ3v) is 4.90. The summed E-state index contributed by atoms with van der Waals surface area (Å²) in [5.41, 5.74) is 1.06. The minimum absolute atomic E-state index is 0. The highest BCUT2D eigenvalue weighted by Gasteiger charge is 2.15. The lowest BCUT2D eigenvalue weighted by atomic mass is 10.2. The van der Waals surface area contributed by atoms with Crippen molar-refractivity contribution in [3.05, 3.63) is 29.8 Å². The molecule has 0 aliphatic carbocycles. The Kier molecular flexibility index (Phi) is 7.95. The number of hydrogen-bond acceptors (Lipinski definition) is 2. The van der Waals surface area contributed by atoms with Crippen LogP contribution in [-0.4, -0.2) is 46.6 Å². The maximum absolute atomic E-state index is 12.0. The molecule has 0 aliphatic heterocycles. The van der Waals surface area contributed by atoms with Crippen molar-refractivity contribution >= 4 is 10.0 Å². The molecule has 0 aliphatic rings. The summed E-state index contributed by atoms with van der Waals surface area (Å²) in [4.78, 5) is 0.336. The largest absolute Gasteiger partial charge is 1.00 e. The summed E-state index contributed by atoms with van der Waals surface area (Å²) in [5.74, 6) is 0. The van der Waals surface area contributed by atoms with Gasteiger partial charge in [-0.1, -0.05) is 17.7 Å². The average molecular weight is 365 g/mol. The summed E-state index contributed by atoms with van der Waals surface area (Å²) in [6, 6.07) is 6.91. The van der Waals surface area contributed by atoms with Crippen molar-refractivity contribution in [2.45, 2.75) is 25.2 Å². The van der Waals surface area contributed by atoms with Crippen LogP contribution in [0.25, 0.3) is 0 Å². The van der Waals surface area contributed by atoms with Crippen LogP contribution in [0.4, 0.5) is 0 Å². The van der Waals surface area contributed by atoms with Gasteiger partial charge in [0.2, 0.25) is 10.0 Å². The summed E-state index contributed by atoms with van der Waals surface area (Å²) in [5, 5.41) is 0. The number of nitrogens with one attached hydrogen (secondary N) is 1. The van der Waals surface area contributed by atoms with Gasteiger partial charge < -0.3 is 21.5 Å². The highest BCUT2D eigenvalue weighted by Crippen LogP contribution is 2.09. The number of hydrogen-bond donors (Lipinski definition) is 1. The molecule has 0 saturated carbocycles. The fourth-order valence-corrected chi connectivity index (χ4v) is 2.75. The molecule has 0 atom stereocenters. The number of quaternary nitrogens is 1. The van der Waals surface area contributed by atoms with Crippen molar-refractivity contribution in [2.75, 3.05) is 33.7 Å². The zero-order chi connectivity index (χ0) is 14.5. The van der Waals surface area contributed by atoms with E-state index in [2.05, 4.69) is 25.7 Å². The molecule has 4 nitrogen and oxygen atoms in total. The van der Waals surface area contributed by atoms with Crippen molar-refractivity contribution < 1.29 is 29.9 Å². The molecule has 0 aromatic heterocycles. The van der Waals surface area contributed by atoms with Crippen LogP contribution in [0, 0.1) is 6.92 Å². The Morgan fingerprint density at radius 2 is 1.70 bits per heavy atom. The van der Waals surface area contributed by atoms with E-state index in [1.165, 1.54) is 0 Å². The predicted molar refractivity (Wildman–Crippen MR) is 78.5 cm³/mol. The molecule has 0 bridgehead atoms. The van der Waals surface area contributed by atoms with Crippen molar-refractivity contribution in [1.82, 2.24) is 4.72 Å². The van der Waals surface area contributed by atoms with Gasteiger partial charge in [0.25, 0.3) is 0 Å². The molecule has 1 N–H and O–H groups in total. The first-order valence-electron chi connectivity index (χ1n) is 6.65. The van der Waals surface area contributed by atoms with Gasteiger partial charge in [-0.15, -0.1) is 0 Å². The molecule has 116 valence electrons. The number of aryl methyl sites for hydroxylation is 1. The molecule has 1 aromatic rings. The van der Waals surface area contributed by atoms with E-state index in [4.69, 9.17) is 0 Å². The van der Waals surface area contributed by atoms with Crippen molar-refractivity contribution in [3.8, 4) is 0 Å². The molecule has 1 rings (SSSR count). The van der Waals surface area contributed by atoms with E-state index in [0.29, 0.717) is 11.4 Å². The zero-order valence-electron chi connectivity index (χ0n) is 12.7. The second-order valence-electron chi connectivity index (χ2n) is 5.54. The van der Waals surface area contributed by atoms with E-state index in [9.17, 15) is 8.42 Å². The highest BCUT2D eigenvalue weighted by atomic mass is 79.9. The Bertz CT molecular complexity index is 498. The van der Waals surface area contributed by atoms with Gasteiger partial charge in [-0.25, -0.2) is 13.1 Å². The Morgan fingerprint density at radius 3 is 2.20 bits per heavy atom. The van der Waals surface area contributed by atoms with Gasteiger partial charge in [-0.05, 0) is 26.0 Å². The number of sulfonamides is 1. The molecule has 0 heterocycles. The lowest BCUT2D eigenvalue weighted by Crippen LogP contribution is -3.00. The Labute approximate surface area is 133 Å². The smallest absolute Gasteiger partial charge is 0.240 e.